The number of ether oxygens (including phenoxy) is 1. The van der Waals surface area contributed by atoms with Gasteiger partial charge in [-0.1, -0.05) is 20.8 Å². The minimum absolute atomic E-state index is 0.00799. The highest BCUT2D eigenvalue weighted by Crippen LogP contribution is 2.31. The van der Waals surface area contributed by atoms with Crippen molar-refractivity contribution in [3.63, 3.8) is 0 Å². The van der Waals surface area contributed by atoms with Crippen LogP contribution in [0.25, 0.3) is 10.9 Å². The molecule has 19 heavy (non-hydrogen) atoms. The summed E-state index contributed by atoms with van der Waals surface area (Å²) in [5.41, 5.74) is 3.16. The Bertz CT molecular complexity index is 597. The highest BCUT2D eigenvalue weighted by molar-refractivity contribution is 5.84. The minimum atomic E-state index is 0.00799. The first-order valence-electron chi connectivity index (χ1n) is 6.71. The second-order valence-electron chi connectivity index (χ2n) is 6.27. The summed E-state index contributed by atoms with van der Waals surface area (Å²) in [6.45, 7) is 12.6. The zero-order valence-electron chi connectivity index (χ0n) is 12.6. The molecule has 102 valence electrons. The Kier molecular flexibility index (Phi) is 3.48. The lowest BCUT2D eigenvalue weighted by atomic mass is 9.89. The minimum Gasteiger partial charge on any atom is -0.491 e. The molecule has 0 saturated carbocycles. The SMILES string of the molecule is Cc1cc2c(C(C)(C)C)ncnc2cc1OC(C)C. The lowest BCUT2D eigenvalue weighted by Gasteiger charge is -2.20. The van der Waals surface area contributed by atoms with E-state index in [2.05, 4.69) is 43.7 Å². The van der Waals surface area contributed by atoms with Crippen LogP contribution in [-0.2, 0) is 5.41 Å². The van der Waals surface area contributed by atoms with Gasteiger partial charge in [0.1, 0.15) is 12.1 Å². The van der Waals surface area contributed by atoms with Gasteiger partial charge in [0.2, 0.25) is 0 Å². The lowest BCUT2D eigenvalue weighted by molar-refractivity contribution is 0.241. The monoisotopic (exact) mass is 258 g/mol. The molecule has 0 aliphatic heterocycles. The summed E-state index contributed by atoms with van der Waals surface area (Å²) in [5, 5.41) is 1.11. The van der Waals surface area contributed by atoms with Crippen molar-refractivity contribution in [2.45, 2.75) is 53.1 Å². The Labute approximate surface area is 115 Å². The number of hydrogen-bond donors (Lipinski definition) is 0. The van der Waals surface area contributed by atoms with Gasteiger partial charge in [-0.15, -0.1) is 0 Å². The van der Waals surface area contributed by atoms with Gasteiger partial charge in [0, 0.05) is 16.9 Å². The molecule has 0 aliphatic rings. The fraction of sp³-hybridized carbons (Fsp3) is 0.500. The highest BCUT2D eigenvalue weighted by atomic mass is 16.5. The number of aromatic nitrogens is 2. The number of benzene rings is 1. The van der Waals surface area contributed by atoms with Crippen LogP contribution in [0.4, 0.5) is 0 Å². The van der Waals surface area contributed by atoms with Gasteiger partial charge in [-0.25, -0.2) is 9.97 Å². The molecule has 0 saturated heterocycles. The van der Waals surface area contributed by atoms with Gasteiger partial charge >= 0.3 is 0 Å². The zero-order chi connectivity index (χ0) is 14.2. The topological polar surface area (TPSA) is 35.0 Å². The molecule has 3 nitrogen and oxygen atoms in total. The molecule has 0 aliphatic carbocycles. The van der Waals surface area contributed by atoms with Crippen molar-refractivity contribution in [2.75, 3.05) is 0 Å². The van der Waals surface area contributed by atoms with Crippen molar-refractivity contribution in [1.29, 1.82) is 0 Å². The number of aryl methyl sites for hydroxylation is 1. The molecule has 1 aromatic carbocycles. The van der Waals surface area contributed by atoms with E-state index in [9.17, 15) is 0 Å². The first-order valence-corrected chi connectivity index (χ1v) is 6.71. The van der Waals surface area contributed by atoms with Gasteiger partial charge in [-0.05, 0) is 32.4 Å². The summed E-state index contributed by atoms with van der Waals surface area (Å²) >= 11 is 0. The molecule has 1 aromatic heterocycles. The van der Waals surface area contributed by atoms with Crippen molar-refractivity contribution in [3.8, 4) is 5.75 Å². The largest absolute Gasteiger partial charge is 0.491 e. The molecule has 0 spiro atoms. The third-order valence-corrected chi connectivity index (χ3v) is 3.01. The fourth-order valence-corrected chi connectivity index (χ4v) is 2.17. The summed E-state index contributed by atoms with van der Waals surface area (Å²) in [7, 11) is 0. The van der Waals surface area contributed by atoms with E-state index in [4.69, 9.17) is 4.74 Å². The van der Waals surface area contributed by atoms with E-state index < -0.39 is 0 Å². The molecule has 0 unspecified atom stereocenters. The molecule has 0 N–H and O–H groups in total. The predicted molar refractivity (Wildman–Crippen MR) is 78.7 cm³/mol. The first kappa shape index (κ1) is 13.8. The molecule has 3 heteroatoms. The standard InChI is InChI=1S/C16H22N2O/c1-10(2)19-14-8-13-12(7-11(14)3)15(16(4,5)6)18-9-17-13/h7-10H,1-6H3. The van der Waals surface area contributed by atoms with Crippen molar-refractivity contribution in [1.82, 2.24) is 9.97 Å². The van der Waals surface area contributed by atoms with Crippen molar-refractivity contribution >= 4 is 10.9 Å². The van der Waals surface area contributed by atoms with E-state index in [1.54, 1.807) is 6.33 Å². The number of fused-ring (bicyclic) bond motifs is 1. The molecule has 0 atom stereocenters. The Balaban J connectivity index is 2.64. The highest BCUT2D eigenvalue weighted by Gasteiger charge is 2.19. The summed E-state index contributed by atoms with van der Waals surface area (Å²) in [6.07, 6.45) is 1.80. The average Bonchev–Trinajstić information content (AvgIpc) is 2.27. The molecular formula is C16H22N2O. The van der Waals surface area contributed by atoms with Gasteiger partial charge < -0.3 is 4.74 Å². The van der Waals surface area contributed by atoms with Gasteiger partial charge in [0.15, 0.2) is 0 Å². The third kappa shape index (κ3) is 2.86. The van der Waals surface area contributed by atoms with Crippen LogP contribution >= 0.6 is 0 Å². The van der Waals surface area contributed by atoms with E-state index in [-0.39, 0.29) is 11.5 Å². The zero-order valence-corrected chi connectivity index (χ0v) is 12.6. The number of nitrogens with zero attached hydrogens (tertiary/aromatic N) is 2. The third-order valence-electron chi connectivity index (χ3n) is 3.01. The molecule has 0 bridgehead atoms. The summed E-state index contributed by atoms with van der Waals surface area (Å²) < 4.78 is 5.82. The van der Waals surface area contributed by atoms with E-state index in [1.165, 1.54) is 0 Å². The Hall–Kier alpha value is -1.64. The van der Waals surface area contributed by atoms with Crippen molar-refractivity contribution in [2.24, 2.45) is 0 Å². The lowest BCUT2D eigenvalue weighted by Crippen LogP contribution is -2.14. The van der Waals surface area contributed by atoms with Gasteiger partial charge in [0.25, 0.3) is 0 Å². The number of rotatable bonds is 2. The summed E-state index contributed by atoms with van der Waals surface area (Å²) in [6, 6.07) is 4.15. The van der Waals surface area contributed by atoms with Gasteiger partial charge in [-0.2, -0.15) is 0 Å². The van der Waals surface area contributed by atoms with Crippen LogP contribution < -0.4 is 4.74 Å². The second kappa shape index (κ2) is 4.80. The van der Waals surface area contributed by atoms with Crippen LogP contribution in [0.2, 0.25) is 0 Å². The summed E-state index contributed by atoms with van der Waals surface area (Å²) in [5.74, 6) is 0.904. The van der Waals surface area contributed by atoms with Crippen LogP contribution in [0.3, 0.4) is 0 Å². The van der Waals surface area contributed by atoms with Gasteiger partial charge in [0.05, 0.1) is 17.3 Å². The Morgan fingerprint density at radius 3 is 2.37 bits per heavy atom. The van der Waals surface area contributed by atoms with E-state index in [0.717, 1.165) is 27.9 Å². The normalized spacial score (nSPS) is 12.2. The summed E-state index contributed by atoms with van der Waals surface area (Å²) in [4.78, 5) is 8.83. The van der Waals surface area contributed by atoms with Crippen LogP contribution in [0.5, 0.6) is 5.75 Å². The molecular weight excluding hydrogens is 236 g/mol. The predicted octanol–water partition coefficient (Wildman–Crippen LogP) is 4.02. The van der Waals surface area contributed by atoms with Crippen LogP contribution in [0.15, 0.2) is 18.5 Å². The molecule has 1 heterocycles. The number of hydrogen-bond acceptors (Lipinski definition) is 3. The van der Waals surface area contributed by atoms with Gasteiger partial charge in [-0.3, -0.25) is 0 Å². The maximum atomic E-state index is 5.82. The smallest absolute Gasteiger partial charge is 0.124 e. The maximum Gasteiger partial charge on any atom is 0.124 e. The average molecular weight is 258 g/mol. The molecule has 0 fully saturated rings. The first-order chi connectivity index (χ1) is 8.79. The molecule has 2 aromatic rings. The Morgan fingerprint density at radius 2 is 1.79 bits per heavy atom. The molecule has 0 amide bonds. The van der Waals surface area contributed by atoms with E-state index in [0.29, 0.717) is 0 Å². The van der Waals surface area contributed by atoms with Crippen LogP contribution in [-0.4, -0.2) is 16.1 Å². The van der Waals surface area contributed by atoms with Crippen molar-refractivity contribution in [3.05, 3.63) is 29.7 Å². The quantitative estimate of drug-likeness (QED) is 0.816. The molecule has 0 radical (unpaired) electrons. The van der Waals surface area contributed by atoms with E-state index >= 15 is 0 Å². The van der Waals surface area contributed by atoms with Crippen LogP contribution in [0, 0.1) is 6.92 Å². The maximum absolute atomic E-state index is 5.82. The second-order valence-corrected chi connectivity index (χ2v) is 6.27. The molecule has 2 rings (SSSR count). The fourth-order valence-electron chi connectivity index (χ4n) is 2.17. The van der Waals surface area contributed by atoms with Crippen LogP contribution in [0.1, 0.15) is 45.9 Å². The van der Waals surface area contributed by atoms with E-state index in [1.807, 2.05) is 19.9 Å². The Morgan fingerprint density at radius 1 is 1.11 bits per heavy atom. The van der Waals surface area contributed by atoms with Crippen molar-refractivity contribution < 1.29 is 4.74 Å².